The highest BCUT2D eigenvalue weighted by molar-refractivity contribution is 5.38. The van der Waals surface area contributed by atoms with Crippen molar-refractivity contribution in [1.82, 2.24) is 0 Å². The molecule has 176 valence electrons. The van der Waals surface area contributed by atoms with Crippen molar-refractivity contribution in [3.8, 4) is 0 Å². The first-order valence-electron chi connectivity index (χ1n) is 12.3. The Morgan fingerprint density at radius 2 is 1.94 bits per heavy atom. The third kappa shape index (κ3) is 5.19. The van der Waals surface area contributed by atoms with Gasteiger partial charge in [0.2, 0.25) is 0 Å². The molecule has 0 amide bonds. The molecular formula is C27H44O4. The molecular weight excluding hydrogens is 388 g/mol. The SMILES string of the molecule is C=C1/C(=C\C=C2/CCC[C@@]3(C)[C@H]2CC[C@@H]3[C@@](C)(O)CCC(O)C(C)C)C[C@@H](O)CC1O. The van der Waals surface area contributed by atoms with E-state index in [4.69, 9.17) is 0 Å². The second kappa shape index (κ2) is 9.51. The maximum atomic E-state index is 11.5. The van der Waals surface area contributed by atoms with Crippen LogP contribution in [-0.4, -0.2) is 44.3 Å². The van der Waals surface area contributed by atoms with Gasteiger partial charge in [-0.1, -0.05) is 45.1 Å². The number of aliphatic hydroxyl groups excluding tert-OH is 3. The summed E-state index contributed by atoms with van der Waals surface area (Å²) in [6, 6.07) is 0. The summed E-state index contributed by atoms with van der Waals surface area (Å²) in [7, 11) is 0. The van der Waals surface area contributed by atoms with Crippen LogP contribution in [0.25, 0.3) is 0 Å². The zero-order chi connectivity index (χ0) is 23.0. The van der Waals surface area contributed by atoms with Crippen LogP contribution in [0.1, 0.15) is 85.5 Å². The molecule has 3 fully saturated rings. The van der Waals surface area contributed by atoms with E-state index >= 15 is 0 Å². The predicted octanol–water partition coefficient (Wildman–Crippen LogP) is 4.68. The van der Waals surface area contributed by atoms with Crippen LogP contribution < -0.4 is 0 Å². The van der Waals surface area contributed by atoms with Crippen LogP contribution in [0, 0.1) is 23.2 Å². The van der Waals surface area contributed by atoms with Crippen LogP contribution in [0.15, 0.2) is 35.5 Å². The Morgan fingerprint density at radius 1 is 1.23 bits per heavy atom. The van der Waals surface area contributed by atoms with Crippen LogP contribution >= 0.6 is 0 Å². The monoisotopic (exact) mass is 432 g/mol. The van der Waals surface area contributed by atoms with Gasteiger partial charge in [0.05, 0.1) is 23.9 Å². The third-order valence-corrected chi connectivity index (χ3v) is 8.70. The van der Waals surface area contributed by atoms with E-state index < -0.39 is 17.8 Å². The molecule has 7 atom stereocenters. The van der Waals surface area contributed by atoms with E-state index in [1.807, 2.05) is 20.8 Å². The quantitative estimate of drug-likeness (QED) is 0.491. The number of aliphatic hydroxyl groups is 4. The minimum absolute atomic E-state index is 0.0669. The maximum absolute atomic E-state index is 11.5. The summed E-state index contributed by atoms with van der Waals surface area (Å²) < 4.78 is 0. The Bertz CT molecular complexity index is 719. The van der Waals surface area contributed by atoms with E-state index in [0.717, 1.165) is 43.3 Å². The lowest BCUT2D eigenvalue weighted by atomic mass is 9.59. The van der Waals surface area contributed by atoms with Crippen LogP contribution in [0.2, 0.25) is 0 Å². The number of rotatable bonds is 6. The van der Waals surface area contributed by atoms with Gasteiger partial charge in [-0.2, -0.15) is 0 Å². The van der Waals surface area contributed by atoms with Gasteiger partial charge in [-0.25, -0.2) is 0 Å². The topological polar surface area (TPSA) is 80.9 Å². The van der Waals surface area contributed by atoms with E-state index in [1.165, 1.54) is 5.57 Å². The Labute approximate surface area is 188 Å². The van der Waals surface area contributed by atoms with Gasteiger partial charge in [0.1, 0.15) is 0 Å². The van der Waals surface area contributed by atoms with Gasteiger partial charge >= 0.3 is 0 Å². The van der Waals surface area contributed by atoms with Crippen LogP contribution in [-0.2, 0) is 0 Å². The van der Waals surface area contributed by atoms with Crippen molar-refractivity contribution >= 4 is 0 Å². The Morgan fingerprint density at radius 3 is 2.61 bits per heavy atom. The number of hydrogen-bond acceptors (Lipinski definition) is 4. The number of hydrogen-bond donors (Lipinski definition) is 4. The summed E-state index contributed by atoms with van der Waals surface area (Å²) in [5.74, 6) is 0.900. The number of allylic oxidation sites excluding steroid dienone is 3. The zero-order valence-electron chi connectivity index (χ0n) is 20.0. The molecule has 3 rings (SSSR count). The average molecular weight is 433 g/mol. The van der Waals surface area contributed by atoms with Crippen molar-refractivity contribution in [3.63, 3.8) is 0 Å². The first kappa shape index (κ1) is 24.7. The molecule has 4 N–H and O–H groups in total. The first-order chi connectivity index (χ1) is 14.5. The van der Waals surface area contributed by atoms with Crippen molar-refractivity contribution in [3.05, 3.63) is 35.5 Å². The standard InChI is InChI=1S/C27H44O4/c1-17(2)23(29)12-14-27(5,31)25-11-10-22-19(7-6-13-26(22,25)4)8-9-20-15-21(28)16-24(30)18(20)3/h8-9,17,21-25,28-31H,3,6-7,10-16H2,1-2,4-5H3/b19-8+,20-9-/t21-,22+,23?,24?,25+,26+,27+/m1/s1. The molecule has 0 aliphatic heterocycles. The molecule has 0 radical (unpaired) electrons. The van der Waals surface area contributed by atoms with E-state index in [1.54, 1.807) is 0 Å². The van der Waals surface area contributed by atoms with Crippen LogP contribution in [0.4, 0.5) is 0 Å². The largest absolute Gasteiger partial charge is 0.393 e. The van der Waals surface area contributed by atoms with E-state index in [2.05, 4.69) is 25.7 Å². The van der Waals surface area contributed by atoms with Crippen molar-refractivity contribution in [2.24, 2.45) is 23.2 Å². The molecule has 0 aromatic carbocycles. The van der Waals surface area contributed by atoms with Crippen molar-refractivity contribution in [1.29, 1.82) is 0 Å². The predicted molar refractivity (Wildman–Crippen MR) is 125 cm³/mol. The van der Waals surface area contributed by atoms with E-state index in [-0.39, 0.29) is 23.4 Å². The van der Waals surface area contributed by atoms with Crippen molar-refractivity contribution < 1.29 is 20.4 Å². The first-order valence-corrected chi connectivity index (χ1v) is 12.3. The van der Waals surface area contributed by atoms with Gasteiger partial charge in [0.25, 0.3) is 0 Å². The lowest BCUT2D eigenvalue weighted by Crippen LogP contribution is -2.45. The normalized spacial score (nSPS) is 39.7. The van der Waals surface area contributed by atoms with Gasteiger partial charge in [-0.05, 0) is 92.6 Å². The molecule has 3 aliphatic rings. The summed E-state index contributed by atoms with van der Waals surface area (Å²) >= 11 is 0. The van der Waals surface area contributed by atoms with Crippen molar-refractivity contribution in [2.75, 3.05) is 0 Å². The zero-order valence-corrected chi connectivity index (χ0v) is 20.0. The van der Waals surface area contributed by atoms with Gasteiger partial charge in [-0.3, -0.25) is 0 Å². The van der Waals surface area contributed by atoms with Gasteiger partial charge in [-0.15, -0.1) is 0 Å². The summed E-state index contributed by atoms with van der Waals surface area (Å²) in [6.07, 6.45) is 10.4. The highest BCUT2D eigenvalue weighted by Gasteiger charge is 2.54. The molecule has 4 heteroatoms. The van der Waals surface area contributed by atoms with E-state index in [9.17, 15) is 20.4 Å². The average Bonchev–Trinajstić information content (AvgIpc) is 3.06. The highest BCUT2D eigenvalue weighted by atomic mass is 16.3. The molecule has 0 aromatic heterocycles. The third-order valence-electron chi connectivity index (χ3n) is 8.70. The molecule has 2 unspecified atom stereocenters. The molecule has 31 heavy (non-hydrogen) atoms. The van der Waals surface area contributed by atoms with Crippen LogP contribution in [0.5, 0.6) is 0 Å². The molecule has 3 saturated carbocycles. The lowest BCUT2D eigenvalue weighted by molar-refractivity contribution is -0.0722. The molecule has 0 heterocycles. The van der Waals surface area contributed by atoms with Crippen molar-refractivity contribution in [2.45, 2.75) is 109 Å². The second-order valence-corrected chi connectivity index (χ2v) is 11.3. The summed E-state index contributed by atoms with van der Waals surface area (Å²) in [6.45, 7) is 12.4. The molecule has 0 saturated heterocycles. The Balaban J connectivity index is 1.77. The second-order valence-electron chi connectivity index (χ2n) is 11.3. The fourth-order valence-corrected chi connectivity index (χ4v) is 6.67. The fourth-order valence-electron chi connectivity index (χ4n) is 6.67. The number of fused-ring (bicyclic) bond motifs is 1. The molecule has 4 nitrogen and oxygen atoms in total. The lowest BCUT2D eigenvalue weighted by Gasteiger charge is -2.47. The summed E-state index contributed by atoms with van der Waals surface area (Å²) in [5.41, 5.74) is 2.42. The smallest absolute Gasteiger partial charge is 0.0811 e. The van der Waals surface area contributed by atoms with Gasteiger partial charge < -0.3 is 20.4 Å². The minimum atomic E-state index is -0.772. The summed E-state index contributed by atoms with van der Waals surface area (Å²) in [5, 5.41) is 41.9. The van der Waals surface area contributed by atoms with Gasteiger partial charge in [0, 0.05) is 6.42 Å². The van der Waals surface area contributed by atoms with Gasteiger partial charge in [0.15, 0.2) is 0 Å². The summed E-state index contributed by atoms with van der Waals surface area (Å²) in [4.78, 5) is 0. The minimum Gasteiger partial charge on any atom is -0.393 e. The molecule has 3 aliphatic carbocycles. The Kier molecular flexibility index (Phi) is 7.57. The molecule has 0 spiro atoms. The molecule has 0 bridgehead atoms. The van der Waals surface area contributed by atoms with E-state index in [0.29, 0.717) is 31.6 Å². The highest BCUT2D eigenvalue weighted by Crippen LogP contribution is 2.60. The maximum Gasteiger partial charge on any atom is 0.0811 e. The molecule has 0 aromatic rings. The van der Waals surface area contributed by atoms with Crippen LogP contribution in [0.3, 0.4) is 0 Å². The fraction of sp³-hybridized carbons (Fsp3) is 0.778. The Hall–Kier alpha value is -0.940.